The summed E-state index contributed by atoms with van der Waals surface area (Å²) in [5.74, 6) is 0. The molecule has 8 heteroatoms. The van der Waals surface area contributed by atoms with E-state index in [0.717, 1.165) is 0 Å². The van der Waals surface area contributed by atoms with Crippen LogP contribution in [-0.2, 0) is 87.2 Å². The van der Waals surface area contributed by atoms with Crippen molar-refractivity contribution in [2.24, 2.45) is 0 Å². The van der Waals surface area contributed by atoms with Crippen LogP contribution in [0.5, 0.6) is 0 Å². The smallest absolute Gasteiger partial charge is 2.00 e. The van der Waals surface area contributed by atoms with Gasteiger partial charge in [-0.1, -0.05) is 0 Å². The fourth-order valence-corrected chi connectivity index (χ4v) is 0. The third kappa shape index (κ3) is 118. The molecule has 0 aliphatic heterocycles. The molecule has 0 N–H and O–H groups in total. The van der Waals surface area contributed by atoms with E-state index in [1.807, 2.05) is 0 Å². The van der Waals surface area contributed by atoms with Crippen molar-refractivity contribution in [2.75, 3.05) is 0 Å². The fraction of sp³-hybridized carbons (Fsp3) is 0. The van der Waals surface area contributed by atoms with Gasteiger partial charge in [0.15, 0.2) is 0 Å². The standard InChI is InChI=1S/Fe.5O.Ti.W/q+2;5*-2;+4;. The second-order valence-corrected chi connectivity index (χ2v) is 0. The van der Waals surface area contributed by atoms with E-state index in [2.05, 4.69) is 0 Å². The Hall–Kier alpha value is 1.72. The van der Waals surface area contributed by atoms with Crippen LogP contribution in [0.4, 0.5) is 0 Å². The summed E-state index contributed by atoms with van der Waals surface area (Å²) in [5.41, 5.74) is 0. The van der Waals surface area contributed by atoms with E-state index in [-0.39, 0.29) is 87.2 Å². The summed E-state index contributed by atoms with van der Waals surface area (Å²) < 4.78 is 0. The molecule has 0 spiro atoms. The van der Waals surface area contributed by atoms with Gasteiger partial charge in [-0.15, -0.1) is 0 Å². The van der Waals surface area contributed by atoms with Crippen molar-refractivity contribution in [3.8, 4) is 0 Å². The summed E-state index contributed by atoms with van der Waals surface area (Å²) >= 11 is 0. The van der Waals surface area contributed by atoms with E-state index in [1.54, 1.807) is 0 Å². The minimum absolute atomic E-state index is 0. The molecule has 0 amide bonds. The number of hydrogen-bond acceptors (Lipinski definition) is 0. The molecule has 0 heterocycles. The average Bonchev–Trinajstić information content (AvgIpc) is 0. The molecule has 52 valence electrons. The quantitative estimate of drug-likeness (QED) is 0.504. The normalized spacial score (nSPS) is 0. The van der Waals surface area contributed by atoms with Crippen LogP contribution in [0.3, 0.4) is 0 Å². The molecule has 0 saturated carbocycles. The molecule has 0 bridgehead atoms. The Balaban J connectivity index is 0. The third-order valence-electron chi connectivity index (χ3n) is 0. The first kappa shape index (κ1) is 249. The minimum atomic E-state index is 0. The molecule has 5 nitrogen and oxygen atoms in total. The summed E-state index contributed by atoms with van der Waals surface area (Å²) in [7, 11) is 0. The van der Waals surface area contributed by atoms with Crippen LogP contribution in [0, 0.1) is 0 Å². The second kappa shape index (κ2) is 175. The Labute approximate surface area is 86.8 Å². The maximum absolute atomic E-state index is 0. The minimum Gasteiger partial charge on any atom is -2.00 e. The van der Waals surface area contributed by atoms with E-state index in [1.165, 1.54) is 0 Å². The van der Waals surface area contributed by atoms with E-state index in [9.17, 15) is 0 Å². The van der Waals surface area contributed by atoms with Crippen LogP contribution in [0.15, 0.2) is 0 Å². The zero-order chi connectivity index (χ0) is 0. The van der Waals surface area contributed by atoms with Crippen molar-refractivity contribution >= 4 is 0 Å². The molecule has 0 atom stereocenters. The molecule has 0 rings (SSSR count). The van der Waals surface area contributed by atoms with E-state index in [4.69, 9.17) is 0 Å². The van der Waals surface area contributed by atoms with Crippen molar-refractivity contribution in [3.05, 3.63) is 0 Å². The Kier molecular flexibility index (Phi) is 5470. The molecular weight excluding hydrogens is 368 g/mol. The van der Waals surface area contributed by atoms with Gasteiger partial charge >= 0.3 is 38.8 Å². The van der Waals surface area contributed by atoms with Gasteiger partial charge in [-0.05, 0) is 0 Å². The Morgan fingerprint density at radius 1 is 0.500 bits per heavy atom. The van der Waals surface area contributed by atoms with Gasteiger partial charge in [0.2, 0.25) is 0 Å². The molecule has 0 saturated heterocycles. The fourth-order valence-electron chi connectivity index (χ4n) is 0. The van der Waals surface area contributed by atoms with Gasteiger partial charge in [-0.25, -0.2) is 0 Å². The molecule has 8 heavy (non-hydrogen) atoms. The van der Waals surface area contributed by atoms with Gasteiger partial charge in [-0.3, -0.25) is 0 Å². The van der Waals surface area contributed by atoms with Gasteiger partial charge in [0, 0.05) is 21.1 Å². The Morgan fingerprint density at radius 3 is 0.500 bits per heavy atom. The first-order valence-electron chi connectivity index (χ1n) is 0. The first-order chi connectivity index (χ1) is 0. The summed E-state index contributed by atoms with van der Waals surface area (Å²) in [5, 5.41) is 0. The first-order valence-corrected chi connectivity index (χ1v) is 0. The van der Waals surface area contributed by atoms with Crippen molar-refractivity contribution in [1.29, 1.82) is 0 Å². The molecule has 0 unspecified atom stereocenters. The maximum atomic E-state index is 0. The zero-order valence-corrected chi connectivity index (χ0v) is 8.90. The molecule has 0 fully saturated rings. The van der Waals surface area contributed by atoms with Crippen molar-refractivity contribution in [1.82, 2.24) is 0 Å². The largest absolute Gasteiger partial charge is 4.00 e. The molecule has 0 aromatic carbocycles. The summed E-state index contributed by atoms with van der Waals surface area (Å²) in [6, 6.07) is 0. The van der Waals surface area contributed by atoms with Crippen molar-refractivity contribution in [3.63, 3.8) is 0 Å². The zero-order valence-electron chi connectivity index (χ0n) is 3.30. The van der Waals surface area contributed by atoms with Crippen molar-refractivity contribution < 1.29 is 87.2 Å². The number of hydrogen-bond donors (Lipinski definition) is 0. The second-order valence-electron chi connectivity index (χ2n) is 0. The monoisotopic (exact) mass is 368 g/mol. The summed E-state index contributed by atoms with van der Waals surface area (Å²) in [6.07, 6.45) is 0. The van der Waals surface area contributed by atoms with E-state index in [0.29, 0.717) is 0 Å². The van der Waals surface area contributed by atoms with Gasteiger partial charge in [0.1, 0.15) is 0 Å². The van der Waals surface area contributed by atoms with Gasteiger partial charge < -0.3 is 27.4 Å². The van der Waals surface area contributed by atoms with Crippen LogP contribution in [0.25, 0.3) is 0 Å². The summed E-state index contributed by atoms with van der Waals surface area (Å²) in [4.78, 5) is 0. The molecule has 0 radical (unpaired) electrons. The average molecular weight is 368 g/mol. The number of rotatable bonds is 0. The predicted molar refractivity (Wildman–Crippen MR) is 3.43 cm³/mol. The van der Waals surface area contributed by atoms with Gasteiger partial charge in [0.05, 0.1) is 0 Å². The Morgan fingerprint density at radius 2 is 0.500 bits per heavy atom. The molecule has 0 aliphatic carbocycles. The van der Waals surface area contributed by atoms with Crippen LogP contribution >= 0.6 is 0 Å². The van der Waals surface area contributed by atoms with Crippen LogP contribution in [0.1, 0.15) is 0 Å². The SMILES string of the molecule is [Fe+2].[O-2].[O-2].[O-2].[O-2].[O-2].[Ti+4].[W]. The molecule has 0 aliphatic rings. The predicted octanol–water partition coefficient (Wildman–Crippen LogP) is -0.601. The van der Waals surface area contributed by atoms with Crippen molar-refractivity contribution in [2.45, 2.75) is 0 Å². The van der Waals surface area contributed by atoms with Gasteiger partial charge in [-0.2, -0.15) is 0 Å². The van der Waals surface area contributed by atoms with Crippen LogP contribution < -0.4 is 0 Å². The molecular formula is FeO5TiW-4. The van der Waals surface area contributed by atoms with E-state index >= 15 is 0 Å². The molecule has 0 aromatic rings. The third-order valence-corrected chi connectivity index (χ3v) is 0. The Bertz CT molecular complexity index is 12.4. The van der Waals surface area contributed by atoms with E-state index < -0.39 is 0 Å². The van der Waals surface area contributed by atoms with Crippen LogP contribution in [-0.4, -0.2) is 0 Å². The maximum Gasteiger partial charge on any atom is 4.00 e. The summed E-state index contributed by atoms with van der Waals surface area (Å²) in [6.45, 7) is 0. The van der Waals surface area contributed by atoms with Gasteiger partial charge in [0.25, 0.3) is 0 Å². The topological polar surface area (TPSA) is 142 Å². The van der Waals surface area contributed by atoms with Crippen LogP contribution in [0.2, 0.25) is 0 Å². The molecule has 0 aromatic heterocycles.